The Hall–Kier alpha value is -2.67. The third-order valence-electron chi connectivity index (χ3n) is 4.98. The molecular weight excluding hydrogens is 360 g/mol. The van der Waals surface area contributed by atoms with Crippen molar-refractivity contribution in [3.8, 4) is 11.3 Å². The largest absolute Gasteiger partial charge is 0.275 e. The Balaban J connectivity index is 1.78. The highest BCUT2D eigenvalue weighted by molar-refractivity contribution is 7.92. The summed E-state index contributed by atoms with van der Waals surface area (Å²) in [6.45, 7) is 4.20. The molecule has 2 aromatic heterocycles. The second kappa shape index (κ2) is 6.49. The van der Waals surface area contributed by atoms with E-state index in [4.69, 9.17) is 0 Å². The lowest BCUT2D eigenvalue weighted by Crippen LogP contribution is -2.36. The van der Waals surface area contributed by atoms with Crippen LogP contribution in [0, 0.1) is 13.8 Å². The fourth-order valence-electron chi connectivity index (χ4n) is 3.70. The van der Waals surface area contributed by atoms with E-state index in [-0.39, 0.29) is 4.90 Å². The normalized spacial score (nSPS) is 14.3. The molecule has 0 saturated carbocycles. The first kappa shape index (κ1) is 17.7. The van der Waals surface area contributed by atoms with E-state index in [0.717, 1.165) is 40.9 Å². The zero-order chi connectivity index (χ0) is 19.2. The fourth-order valence-corrected chi connectivity index (χ4v) is 5.46. The zero-order valence-electron chi connectivity index (χ0n) is 15.7. The molecule has 1 aliphatic heterocycles. The number of aryl methyl sites for hydroxylation is 4. The molecule has 0 unspecified atom stereocenters. The quantitative estimate of drug-likeness (QED) is 0.697. The molecule has 1 aromatic carbocycles. The lowest BCUT2D eigenvalue weighted by Gasteiger charge is -2.32. The SMILES string of the molecule is Cc1cccc2c1N(S(=O)(=O)c1ccc(-c3cnn(C)c3)nc1C)CCC2. The molecule has 0 atom stereocenters. The lowest BCUT2D eigenvalue weighted by molar-refractivity contribution is 0.585. The standard InChI is InChI=1S/C20H22N4O2S/c1-14-6-4-7-16-8-5-11-24(20(14)16)27(25,26)19-10-9-18(22-15(19)2)17-12-21-23(3)13-17/h4,6-7,9-10,12-13H,5,8,11H2,1-3H3. The molecule has 0 saturated heterocycles. The second-order valence-electron chi connectivity index (χ2n) is 6.95. The number of fused-ring (bicyclic) bond motifs is 1. The van der Waals surface area contributed by atoms with Crippen LogP contribution in [0.25, 0.3) is 11.3 Å². The van der Waals surface area contributed by atoms with Crippen molar-refractivity contribution in [3.63, 3.8) is 0 Å². The van der Waals surface area contributed by atoms with Gasteiger partial charge in [-0.1, -0.05) is 18.2 Å². The summed E-state index contributed by atoms with van der Waals surface area (Å²) in [7, 11) is -1.83. The van der Waals surface area contributed by atoms with Crippen LogP contribution < -0.4 is 4.31 Å². The maximum absolute atomic E-state index is 13.4. The van der Waals surface area contributed by atoms with Crippen molar-refractivity contribution in [1.29, 1.82) is 0 Å². The molecule has 0 amide bonds. The molecule has 27 heavy (non-hydrogen) atoms. The van der Waals surface area contributed by atoms with Crippen LogP contribution in [-0.2, 0) is 23.5 Å². The molecule has 3 aromatic rings. The molecule has 140 valence electrons. The van der Waals surface area contributed by atoms with Crippen molar-refractivity contribution < 1.29 is 8.42 Å². The van der Waals surface area contributed by atoms with Gasteiger partial charge in [0.2, 0.25) is 0 Å². The minimum absolute atomic E-state index is 0.256. The Morgan fingerprint density at radius 2 is 1.93 bits per heavy atom. The first-order valence-corrected chi connectivity index (χ1v) is 10.4. The summed E-state index contributed by atoms with van der Waals surface area (Å²) in [4.78, 5) is 4.79. The predicted octanol–water partition coefficient (Wildman–Crippen LogP) is 3.24. The monoisotopic (exact) mass is 382 g/mol. The summed E-state index contributed by atoms with van der Waals surface area (Å²) in [5, 5.41) is 4.15. The molecular formula is C20H22N4O2S. The first-order chi connectivity index (χ1) is 12.9. The van der Waals surface area contributed by atoms with Crippen LogP contribution in [0.2, 0.25) is 0 Å². The van der Waals surface area contributed by atoms with E-state index in [1.165, 1.54) is 0 Å². The number of aromatic nitrogens is 3. The number of nitrogens with zero attached hydrogens (tertiary/aromatic N) is 4. The smallest absolute Gasteiger partial charge is 0.266 e. The number of hydrogen-bond acceptors (Lipinski definition) is 4. The molecule has 7 heteroatoms. The minimum atomic E-state index is -3.67. The van der Waals surface area contributed by atoms with Gasteiger partial charge in [-0.05, 0) is 49.9 Å². The molecule has 4 rings (SSSR count). The van der Waals surface area contributed by atoms with Gasteiger partial charge in [-0.15, -0.1) is 0 Å². The summed E-state index contributed by atoms with van der Waals surface area (Å²) in [6.07, 6.45) is 5.30. The topological polar surface area (TPSA) is 68.1 Å². The van der Waals surface area contributed by atoms with Crippen LogP contribution in [-0.4, -0.2) is 29.7 Å². The number of anilines is 1. The van der Waals surface area contributed by atoms with Gasteiger partial charge in [0, 0.05) is 25.4 Å². The average Bonchev–Trinajstić information content (AvgIpc) is 3.07. The van der Waals surface area contributed by atoms with Gasteiger partial charge in [0.15, 0.2) is 0 Å². The molecule has 0 N–H and O–H groups in total. The summed E-state index contributed by atoms with van der Waals surface area (Å²) in [5.41, 5.74) is 4.96. The van der Waals surface area contributed by atoms with Crippen LogP contribution in [0.4, 0.5) is 5.69 Å². The fraction of sp³-hybridized carbons (Fsp3) is 0.300. The first-order valence-electron chi connectivity index (χ1n) is 8.96. The van der Waals surface area contributed by atoms with Gasteiger partial charge in [-0.3, -0.25) is 14.0 Å². The van der Waals surface area contributed by atoms with Crippen molar-refractivity contribution in [2.24, 2.45) is 7.05 Å². The van der Waals surface area contributed by atoms with Crippen LogP contribution >= 0.6 is 0 Å². The summed E-state index contributed by atoms with van der Waals surface area (Å²) in [5.74, 6) is 0. The molecule has 0 bridgehead atoms. The third-order valence-corrected chi connectivity index (χ3v) is 6.92. The predicted molar refractivity (Wildman–Crippen MR) is 105 cm³/mol. The van der Waals surface area contributed by atoms with E-state index in [0.29, 0.717) is 12.2 Å². The average molecular weight is 382 g/mol. The number of rotatable bonds is 3. The Morgan fingerprint density at radius 1 is 1.11 bits per heavy atom. The summed E-state index contributed by atoms with van der Waals surface area (Å²) < 4.78 is 30.1. The highest BCUT2D eigenvalue weighted by Crippen LogP contribution is 2.35. The highest BCUT2D eigenvalue weighted by Gasteiger charge is 2.31. The highest BCUT2D eigenvalue weighted by atomic mass is 32.2. The molecule has 1 aliphatic rings. The number of benzene rings is 1. The van der Waals surface area contributed by atoms with E-state index >= 15 is 0 Å². The number of pyridine rings is 1. The minimum Gasteiger partial charge on any atom is -0.275 e. The maximum atomic E-state index is 13.4. The van der Waals surface area contributed by atoms with Crippen molar-refractivity contribution in [1.82, 2.24) is 14.8 Å². The van der Waals surface area contributed by atoms with Crippen molar-refractivity contribution in [2.75, 3.05) is 10.8 Å². The van der Waals surface area contributed by atoms with E-state index in [9.17, 15) is 8.42 Å². The van der Waals surface area contributed by atoms with E-state index in [1.807, 2.05) is 38.4 Å². The summed E-state index contributed by atoms with van der Waals surface area (Å²) >= 11 is 0. The molecule has 3 heterocycles. The number of hydrogen-bond donors (Lipinski definition) is 0. The number of sulfonamides is 1. The van der Waals surface area contributed by atoms with Crippen molar-refractivity contribution in [2.45, 2.75) is 31.6 Å². The van der Waals surface area contributed by atoms with E-state index < -0.39 is 10.0 Å². The summed E-state index contributed by atoms with van der Waals surface area (Å²) in [6, 6.07) is 9.37. The van der Waals surface area contributed by atoms with Gasteiger partial charge >= 0.3 is 0 Å². The van der Waals surface area contributed by atoms with E-state index in [1.54, 1.807) is 34.2 Å². The van der Waals surface area contributed by atoms with Crippen molar-refractivity contribution >= 4 is 15.7 Å². The Labute approximate surface area is 159 Å². The van der Waals surface area contributed by atoms with Crippen molar-refractivity contribution in [3.05, 3.63) is 59.5 Å². The second-order valence-corrected chi connectivity index (χ2v) is 8.78. The number of para-hydroxylation sites is 1. The van der Waals surface area contributed by atoms with Crippen LogP contribution in [0.5, 0.6) is 0 Å². The Kier molecular flexibility index (Phi) is 4.26. The maximum Gasteiger partial charge on any atom is 0.266 e. The Morgan fingerprint density at radius 3 is 2.63 bits per heavy atom. The lowest BCUT2D eigenvalue weighted by atomic mass is 10.0. The molecule has 6 nitrogen and oxygen atoms in total. The van der Waals surface area contributed by atoms with Crippen LogP contribution in [0.15, 0.2) is 47.6 Å². The van der Waals surface area contributed by atoms with Gasteiger partial charge in [0.25, 0.3) is 10.0 Å². The van der Waals surface area contributed by atoms with Gasteiger partial charge in [-0.25, -0.2) is 8.42 Å². The molecule has 0 radical (unpaired) electrons. The van der Waals surface area contributed by atoms with Gasteiger partial charge in [0.1, 0.15) is 4.90 Å². The van der Waals surface area contributed by atoms with E-state index in [2.05, 4.69) is 10.1 Å². The zero-order valence-corrected chi connectivity index (χ0v) is 16.5. The molecule has 0 fully saturated rings. The van der Waals surface area contributed by atoms with Gasteiger partial charge < -0.3 is 0 Å². The van der Waals surface area contributed by atoms with Gasteiger partial charge in [-0.2, -0.15) is 5.10 Å². The van der Waals surface area contributed by atoms with Crippen LogP contribution in [0.1, 0.15) is 23.2 Å². The molecule has 0 spiro atoms. The van der Waals surface area contributed by atoms with Crippen LogP contribution in [0.3, 0.4) is 0 Å². The Bertz CT molecular complexity index is 1120. The third kappa shape index (κ3) is 3.02. The van der Waals surface area contributed by atoms with Gasteiger partial charge in [0.05, 0.1) is 23.3 Å². The molecule has 0 aliphatic carbocycles.